The number of anilines is 1. The quantitative estimate of drug-likeness (QED) is 0.678. The third-order valence-electron chi connectivity index (χ3n) is 2.08. The lowest BCUT2D eigenvalue weighted by Gasteiger charge is -2.18. The second kappa shape index (κ2) is 4.73. The van der Waals surface area contributed by atoms with Crippen molar-refractivity contribution in [2.75, 3.05) is 19.3 Å². The summed E-state index contributed by atoms with van der Waals surface area (Å²) in [7, 11) is -3.56. The van der Waals surface area contributed by atoms with Gasteiger partial charge in [-0.1, -0.05) is 0 Å². The molecule has 0 spiro atoms. The van der Waals surface area contributed by atoms with Crippen LogP contribution in [0.4, 0.5) is 23.2 Å². The predicted octanol–water partition coefficient (Wildman–Crippen LogP) is 1.59. The predicted molar refractivity (Wildman–Crippen MR) is 56.7 cm³/mol. The van der Waals surface area contributed by atoms with Gasteiger partial charge in [-0.05, 0) is 18.2 Å². The minimum atomic E-state index is -4.66. The first-order valence-electron chi connectivity index (χ1n) is 4.62. The molecule has 0 heterocycles. The fourth-order valence-electron chi connectivity index (χ4n) is 1.20. The van der Waals surface area contributed by atoms with E-state index in [0.717, 1.165) is 25.2 Å². The molecule has 18 heavy (non-hydrogen) atoms. The zero-order valence-corrected chi connectivity index (χ0v) is 10.0. The summed E-state index contributed by atoms with van der Waals surface area (Å²) in [6, 6.07) is 2.41. The van der Waals surface area contributed by atoms with E-state index in [4.69, 9.17) is 5.73 Å². The highest BCUT2D eigenvalue weighted by Crippen LogP contribution is 2.23. The molecule has 1 rings (SSSR count). The number of rotatable bonds is 3. The van der Waals surface area contributed by atoms with Crippen molar-refractivity contribution >= 4 is 15.7 Å². The van der Waals surface area contributed by atoms with Crippen molar-refractivity contribution in [3.63, 3.8) is 0 Å². The molecule has 0 amide bonds. The number of nitrogens with zero attached hydrogens (tertiary/aromatic N) is 1. The molecule has 4 nitrogen and oxygen atoms in total. The monoisotopic (exact) mass is 286 g/mol. The Balaban J connectivity index is 3.10. The smallest absolute Gasteiger partial charge is 0.396 e. The third kappa shape index (κ3) is 3.33. The summed E-state index contributed by atoms with van der Waals surface area (Å²) >= 11 is 0. The van der Waals surface area contributed by atoms with Crippen molar-refractivity contribution in [2.45, 2.75) is 11.1 Å². The molecule has 0 aliphatic heterocycles. The van der Waals surface area contributed by atoms with Crippen molar-refractivity contribution in [3.05, 3.63) is 24.0 Å². The Kier molecular flexibility index (Phi) is 3.86. The van der Waals surface area contributed by atoms with Gasteiger partial charge in [-0.3, -0.25) is 0 Å². The van der Waals surface area contributed by atoms with Gasteiger partial charge < -0.3 is 5.73 Å². The van der Waals surface area contributed by atoms with Gasteiger partial charge in [0, 0.05) is 7.05 Å². The minimum absolute atomic E-state index is 0.125. The highest BCUT2D eigenvalue weighted by atomic mass is 32.2. The summed E-state index contributed by atoms with van der Waals surface area (Å²) in [6.45, 7) is -1.63. The molecule has 1 aromatic carbocycles. The molecule has 0 atom stereocenters. The average Bonchev–Trinajstić information content (AvgIpc) is 2.19. The normalized spacial score (nSPS) is 13.0. The molecule has 2 N–H and O–H groups in total. The van der Waals surface area contributed by atoms with E-state index in [9.17, 15) is 26.0 Å². The van der Waals surface area contributed by atoms with Gasteiger partial charge in [-0.15, -0.1) is 0 Å². The van der Waals surface area contributed by atoms with Crippen molar-refractivity contribution in [2.24, 2.45) is 0 Å². The summed E-state index contributed by atoms with van der Waals surface area (Å²) in [5.41, 5.74) is 4.72. The SMILES string of the molecule is CN(CC(F)(F)F)S(=O)(=O)c1ccc(F)c(N)c1. The lowest BCUT2D eigenvalue weighted by molar-refractivity contribution is -0.134. The number of alkyl halides is 3. The number of sulfonamides is 1. The Hall–Kier alpha value is -1.35. The molecule has 0 aliphatic rings. The molecule has 0 aromatic heterocycles. The maximum absolute atomic E-state index is 12.8. The highest BCUT2D eigenvalue weighted by Gasteiger charge is 2.34. The zero-order valence-electron chi connectivity index (χ0n) is 9.20. The molecule has 0 saturated heterocycles. The van der Waals surface area contributed by atoms with Crippen LogP contribution >= 0.6 is 0 Å². The Labute approximate surface area is 101 Å². The van der Waals surface area contributed by atoms with Gasteiger partial charge in [0.05, 0.1) is 10.6 Å². The van der Waals surface area contributed by atoms with Gasteiger partial charge in [0.2, 0.25) is 10.0 Å². The second-order valence-electron chi connectivity index (χ2n) is 3.56. The molecule has 0 fully saturated rings. The molecule has 0 bridgehead atoms. The molecule has 0 aliphatic carbocycles. The van der Waals surface area contributed by atoms with Crippen LogP contribution in [-0.2, 0) is 10.0 Å². The van der Waals surface area contributed by atoms with Crippen molar-refractivity contribution in [3.8, 4) is 0 Å². The zero-order chi connectivity index (χ0) is 14.1. The van der Waals surface area contributed by atoms with E-state index in [1.807, 2.05) is 0 Å². The first-order chi connectivity index (χ1) is 8.04. The molecule has 0 saturated carbocycles. The lowest BCUT2D eigenvalue weighted by atomic mass is 10.3. The number of hydrogen-bond donors (Lipinski definition) is 1. The Morgan fingerprint density at radius 2 is 1.89 bits per heavy atom. The van der Waals surface area contributed by atoms with Crippen LogP contribution in [0.1, 0.15) is 0 Å². The molecule has 102 valence electrons. The summed E-state index contributed by atoms with van der Waals surface area (Å²) in [4.78, 5) is -0.492. The highest BCUT2D eigenvalue weighted by molar-refractivity contribution is 7.89. The second-order valence-corrected chi connectivity index (χ2v) is 5.60. The van der Waals surface area contributed by atoms with E-state index < -0.39 is 39.1 Å². The minimum Gasteiger partial charge on any atom is -0.396 e. The van der Waals surface area contributed by atoms with Gasteiger partial charge in [0.25, 0.3) is 0 Å². The summed E-state index contributed by atoms with van der Waals surface area (Å²) < 4.78 is 72.7. The average molecular weight is 286 g/mol. The van der Waals surface area contributed by atoms with Crippen LogP contribution in [0.2, 0.25) is 0 Å². The van der Waals surface area contributed by atoms with E-state index in [0.29, 0.717) is 0 Å². The van der Waals surface area contributed by atoms with Gasteiger partial charge in [0.15, 0.2) is 0 Å². The van der Waals surface area contributed by atoms with E-state index in [2.05, 4.69) is 0 Å². The van der Waals surface area contributed by atoms with E-state index in [-0.39, 0.29) is 4.31 Å². The Morgan fingerprint density at radius 3 is 2.33 bits per heavy atom. The topological polar surface area (TPSA) is 63.4 Å². The van der Waals surface area contributed by atoms with Crippen molar-refractivity contribution < 1.29 is 26.0 Å². The first kappa shape index (κ1) is 14.7. The first-order valence-corrected chi connectivity index (χ1v) is 6.06. The lowest BCUT2D eigenvalue weighted by Crippen LogP contribution is -2.35. The number of hydrogen-bond acceptors (Lipinski definition) is 3. The number of benzene rings is 1. The number of nitrogens with two attached hydrogens (primary N) is 1. The maximum Gasteiger partial charge on any atom is 0.402 e. The van der Waals surface area contributed by atoms with Crippen LogP contribution in [0.15, 0.2) is 23.1 Å². The summed E-state index contributed by atoms with van der Waals surface area (Å²) in [5, 5.41) is 0. The van der Waals surface area contributed by atoms with E-state index in [1.54, 1.807) is 0 Å². The van der Waals surface area contributed by atoms with E-state index in [1.165, 1.54) is 0 Å². The third-order valence-corrected chi connectivity index (χ3v) is 3.88. The summed E-state index contributed by atoms with van der Waals surface area (Å²) in [6.07, 6.45) is -4.66. The van der Waals surface area contributed by atoms with Crippen LogP contribution < -0.4 is 5.73 Å². The molecule has 0 radical (unpaired) electrons. The Morgan fingerprint density at radius 1 is 1.33 bits per heavy atom. The number of nitrogen functional groups attached to an aromatic ring is 1. The molecule has 1 aromatic rings. The fourth-order valence-corrected chi connectivity index (χ4v) is 2.39. The molecular weight excluding hydrogens is 276 g/mol. The maximum atomic E-state index is 12.8. The van der Waals surface area contributed by atoms with Crippen molar-refractivity contribution in [1.82, 2.24) is 4.31 Å². The number of halogens is 4. The molecule has 9 heteroatoms. The van der Waals surface area contributed by atoms with Gasteiger partial charge in [-0.25, -0.2) is 12.8 Å². The van der Waals surface area contributed by atoms with Gasteiger partial charge >= 0.3 is 6.18 Å². The molecular formula is C9H10F4N2O2S. The molecule has 0 unspecified atom stereocenters. The van der Waals surface area contributed by atoms with Crippen molar-refractivity contribution in [1.29, 1.82) is 0 Å². The Bertz CT molecular complexity index is 542. The largest absolute Gasteiger partial charge is 0.402 e. The van der Waals surface area contributed by atoms with Crippen LogP contribution in [0.25, 0.3) is 0 Å². The van der Waals surface area contributed by atoms with Gasteiger partial charge in [-0.2, -0.15) is 17.5 Å². The van der Waals surface area contributed by atoms with Crippen LogP contribution in [0, 0.1) is 5.82 Å². The van der Waals surface area contributed by atoms with E-state index >= 15 is 0 Å². The standard InChI is InChI=1S/C9H10F4N2O2S/c1-15(5-9(11,12)13)18(16,17)6-2-3-7(10)8(14)4-6/h2-4H,5,14H2,1H3. The van der Waals surface area contributed by atoms with Crippen LogP contribution in [0.5, 0.6) is 0 Å². The summed E-state index contributed by atoms with van der Waals surface area (Å²) in [5.74, 6) is -0.840. The van der Waals surface area contributed by atoms with Crippen LogP contribution in [0.3, 0.4) is 0 Å². The van der Waals surface area contributed by atoms with Gasteiger partial charge in [0.1, 0.15) is 12.4 Å². The van der Waals surface area contributed by atoms with Crippen LogP contribution in [-0.4, -0.2) is 32.5 Å². The fraction of sp³-hybridized carbons (Fsp3) is 0.333.